The highest BCUT2D eigenvalue weighted by Crippen LogP contribution is 2.27. The number of methoxy groups -OCH3 is 1. The number of anilines is 1. The van der Waals surface area contributed by atoms with Crippen molar-refractivity contribution in [2.75, 3.05) is 19.0 Å². The molecule has 21 heavy (non-hydrogen) atoms. The third kappa shape index (κ3) is 3.91. The Bertz CT molecular complexity index is 538. The van der Waals surface area contributed by atoms with Crippen molar-refractivity contribution in [1.82, 2.24) is 9.78 Å². The number of allylic oxidation sites excluding steroid dienone is 2. The molecule has 2 N–H and O–H groups in total. The van der Waals surface area contributed by atoms with Crippen molar-refractivity contribution in [3.05, 3.63) is 24.5 Å². The molecule has 1 aromatic rings. The van der Waals surface area contributed by atoms with Gasteiger partial charge >= 0.3 is 5.97 Å². The van der Waals surface area contributed by atoms with E-state index in [0.717, 1.165) is 0 Å². The van der Waals surface area contributed by atoms with E-state index >= 15 is 0 Å². The van der Waals surface area contributed by atoms with E-state index < -0.39 is 17.8 Å². The molecule has 1 amide bonds. The van der Waals surface area contributed by atoms with Gasteiger partial charge in [0, 0.05) is 13.3 Å². The lowest BCUT2D eigenvalue weighted by Crippen LogP contribution is -2.34. The number of carbonyl (C=O) groups excluding carboxylic acids is 1. The highest BCUT2D eigenvalue weighted by atomic mass is 16.5. The minimum atomic E-state index is -0.935. The SMILES string of the molecule is COCCn1cc(NC(=O)[C@@H]2CC=CC[C@@H]2C(=O)O)cn1. The highest BCUT2D eigenvalue weighted by Gasteiger charge is 2.34. The molecule has 0 saturated heterocycles. The van der Waals surface area contributed by atoms with Crippen LogP contribution in [0.2, 0.25) is 0 Å². The number of ether oxygens (including phenoxy) is 1. The lowest BCUT2D eigenvalue weighted by molar-refractivity contribution is -0.146. The van der Waals surface area contributed by atoms with Crippen molar-refractivity contribution >= 4 is 17.6 Å². The molecular formula is C14H19N3O4. The average molecular weight is 293 g/mol. The highest BCUT2D eigenvalue weighted by molar-refractivity contribution is 5.95. The fraction of sp³-hybridized carbons (Fsp3) is 0.500. The molecule has 0 unspecified atom stereocenters. The zero-order chi connectivity index (χ0) is 15.2. The molecule has 0 aliphatic heterocycles. The summed E-state index contributed by atoms with van der Waals surface area (Å²) >= 11 is 0. The third-order valence-corrected chi connectivity index (χ3v) is 3.51. The summed E-state index contributed by atoms with van der Waals surface area (Å²) in [5.74, 6) is -2.43. The number of aliphatic carboxylic acids is 1. The van der Waals surface area contributed by atoms with Gasteiger partial charge in [-0.1, -0.05) is 12.2 Å². The van der Waals surface area contributed by atoms with Gasteiger partial charge < -0.3 is 15.2 Å². The van der Waals surface area contributed by atoms with Crippen LogP contribution in [0.15, 0.2) is 24.5 Å². The predicted molar refractivity (Wildman–Crippen MR) is 75.7 cm³/mol. The Morgan fingerprint density at radius 1 is 1.43 bits per heavy atom. The third-order valence-electron chi connectivity index (χ3n) is 3.51. The lowest BCUT2D eigenvalue weighted by atomic mass is 9.82. The van der Waals surface area contributed by atoms with Crippen LogP contribution >= 0.6 is 0 Å². The zero-order valence-electron chi connectivity index (χ0n) is 11.9. The first-order valence-electron chi connectivity index (χ1n) is 6.82. The molecule has 1 heterocycles. The number of nitrogens with one attached hydrogen (secondary N) is 1. The first-order chi connectivity index (χ1) is 10.1. The van der Waals surface area contributed by atoms with E-state index in [1.54, 1.807) is 24.2 Å². The van der Waals surface area contributed by atoms with Gasteiger partial charge in [-0.3, -0.25) is 14.3 Å². The summed E-state index contributed by atoms with van der Waals surface area (Å²) in [5, 5.41) is 16.0. The predicted octanol–water partition coefficient (Wildman–Crippen LogP) is 1.13. The molecule has 0 saturated carbocycles. The number of hydrogen-bond donors (Lipinski definition) is 2. The maximum absolute atomic E-state index is 12.2. The van der Waals surface area contributed by atoms with Gasteiger partial charge in [-0.25, -0.2) is 0 Å². The summed E-state index contributed by atoms with van der Waals surface area (Å²) in [7, 11) is 1.61. The van der Waals surface area contributed by atoms with Crippen LogP contribution in [0.3, 0.4) is 0 Å². The number of hydrogen-bond acceptors (Lipinski definition) is 4. The maximum Gasteiger partial charge on any atom is 0.307 e. The Labute approximate surface area is 122 Å². The Morgan fingerprint density at radius 2 is 2.14 bits per heavy atom. The fourth-order valence-corrected chi connectivity index (χ4v) is 2.35. The molecule has 1 aliphatic carbocycles. The molecule has 0 spiro atoms. The van der Waals surface area contributed by atoms with Gasteiger partial charge in [0.1, 0.15) is 0 Å². The molecule has 114 valence electrons. The van der Waals surface area contributed by atoms with Crippen LogP contribution < -0.4 is 5.32 Å². The first-order valence-corrected chi connectivity index (χ1v) is 6.82. The van der Waals surface area contributed by atoms with Gasteiger partial charge in [0.05, 0.1) is 36.9 Å². The van der Waals surface area contributed by atoms with E-state index in [1.165, 1.54) is 0 Å². The monoisotopic (exact) mass is 293 g/mol. The molecule has 0 aromatic carbocycles. The van der Waals surface area contributed by atoms with E-state index in [4.69, 9.17) is 4.74 Å². The molecular weight excluding hydrogens is 274 g/mol. The van der Waals surface area contributed by atoms with E-state index in [1.807, 2.05) is 12.2 Å². The van der Waals surface area contributed by atoms with Crippen LogP contribution in [0.5, 0.6) is 0 Å². The topological polar surface area (TPSA) is 93.5 Å². The fourth-order valence-electron chi connectivity index (χ4n) is 2.35. The number of carboxylic acids is 1. The van der Waals surface area contributed by atoms with Gasteiger partial charge in [0.25, 0.3) is 0 Å². The number of amides is 1. The van der Waals surface area contributed by atoms with E-state index in [2.05, 4.69) is 10.4 Å². The molecule has 0 radical (unpaired) electrons. The molecule has 2 rings (SSSR count). The van der Waals surface area contributed by atoms with Crippen LogP contribution in [-0.4, -0.2) is 40.5 Å². The standard InChI is InChI=1S/C14H19N3O4/c1-21-7-6-17-9-10(8-15-17)16-13(18)11-4-2-3-5-12(11)14(19)20/h2-3,8-9,11-12H,4-7H2,1H3,(H,16,18)(H,19,20)/t11-,12+/m1/s1. The van der Waals surface area contributed by atoms with Crippen molar-refractivity contribution in [2.24, 2.45) is 11.8 Å². The van der Waals surface area contributed by atoms with Crippen molar-refractivity contribution in [1.29, 1.82) is 0 Å². The molecule has 1 aliphatic rings. The van der Waals surface area contributed by atoms with Crippen LogP contribution in [0.4, 0.5) is 5.69 Å². The number of carboxylic acid groups (broad SMARTS) is 1. The first kappa shape index (κ1) is 15.2. The van der Waals surface area contributed by atoms with Crippen LogP contribution in [0, 0.1) is 11.8 Å². The summed E-state index contributed by atoms with van der Waals surface area (Å²) in [5.41, 5.74) is 0.565. The van der Waals surface area contributed by atoms with Gasteiger partial charge in [-0.15, -0.1) is 0 Å². The number of carbonyl (C=O) groups is 2. The lowest BCUT2D eigenvalue weighted by Gasteiger charge is -2.23. The summed E-state index contributed by atoms with van der Waals surface area (Å²) in [6.07, 6.45) is 7.74. The van der Waals surface area contributed by atoms with Crippen molar-refractivity contribution in [2.45, 2.75) is 19.4 Å². The van der Waals surface area contributed by atoms with Gasteiger partial charge in [0.2, 0.25) is 5.91 Å². The quantitative estimate of drug-likeness (QED) is 0.767. The molecule has 1 aromatic heterocycles. The Hall–Kier alpha value is -2.15. The van der Waals surface area contributed by atoms with Gasteiger partial charge in [-0.05, 0) is 12.8 Å². The van der Waals surface area contributed by atoms with E-state index in [9.17, 15) is 14.7 Å². The second-order valence-electron chi connectivity index (χ2n) is 4.97. The normalized spacial score (nSPS) is 21.2. The molecule has 7 heteroatoms. The van der Waals surface area contributed by atoms with Gasteiger partial charge in [-0.2, -0.15) is 5.10 Å². The minimum absolute atomic E-state index is 0.280. The van der Waals surface area contributed by atoms with E-state index in [0.29, 0.717) is 31.7 Å². The second-order valence-corrected chi connectivity index (χ2v) is 4.97. The smallest absolute Gasteiger partial charge is 0.307 e. The minimum Gasteiger partial charge on any atom is -0.481 e. The van der Waals surface area contributed by atoms with Crippen LogP contribution in [0.25, 0.3) is 0 Å². The van der Waals surface area contributed by atoms with E-state index in [-0.39, 0.29) is 5.91 Å². The molecule has 7 nitrogen and oxygen atoms in total. The van der Waals surface area contributed by atoms with Crippen molar-refractivity contribution in [3.63, 3.8) is 0 Å². The summed E-state index contributed by atoms with van der Waals surface area (Å²) < 4.78 is 6.61. The Kier molecular flexibility index (Phi) is 5.10. The number of rotatable bonds is 6. The summed E-state index contributed by atoms with van der Waals surface area (Å²) in [6, 6.07) is 0. The van der Waals surface area contributed by atoms with Crippen LogP contribution in [-0.2, 0) is 20.9 Å². The van der Waals surface area contributed by atoms with Crippen molar-refractivity contribution < 1.29 is 19.4 Å². The number of nitrogens with zero attached hydrogens (tertiary/aromatic N) is 2. The number of aromatic nitrogens is 2. The second kappa shape index (κ2) is 7.03. The summed E-state index contributed by atoms with van der Waals surface area (Å²) in [4.78, 5) is 23.4. The molecule has 0 bridgehead atoms. The summed E-state index contributed by atoms with van der Waals surface area (Å²) in [6.45, 7) is 1.12. The Balaban J connectivity index is 1.98. The largest absolute Gasteiger partial charge is 0.481 e. The van der Waals surface area contributed by atoms with Crippen LogP contribution in [0.1, 0.15) is 12.8 Å². The Morgan fingerprint density at radius 3 is 2.81 bits per heavy atom. The maximum atomic E-state index is 12.2. The van der Waals surface area contributed by atoms with Crippen molar-refractivity contribution in [3.8, 4) is 0 Å². The van der Waals surface area contributed by atoms with Gasteiger partial charge in [0.15, 0.2) is 0 Å². The molecule has 0 fully saturated rings. The zero-order valence-corrected chi connectivity index (χ0v) is 11.9. The average Bonchev–Trinajstić information content (AvgIpc) is 2.92. The molecule has 2 atom stereocenters.